The number of hydrogen-bond donors (Lipinski definition) is 0. The molecule has 2 aromatic rings. The van der Waals surface area contributed by atoms with E-state index in [-0.39, 0.29) is 30.0 Å². The van der Waals surface area contributed by atoms with Crippen LogP contribution in [0.25, 0.3) is 0 Å². The highest BCUT2D eigenvalue weighted by Crippen LogP contribution is 2.33. The number of nitrogens with zero attached hydrogens (tertiary/aromatic N) is 4. The van der Waals surface area contributed by atoms with E-state index in [1.807, 2.05) is 18.7 Å². The number of carbonyl (C=O) groups excluding carboxylic acids is 2. The summed E-state index contributed by atoms with van der Waals surface area (Å²) in [6, 6.07) is 6.64. The molecule has 0 N–H and O–H groups in total. The zero-order valence-electron chi connectivity index (χ0n) is 17.5. The van der Waals surface area contributed by atoms with Crippen LogP contribution in [0.5, 0.6) is 0 Å². The van der Waals surface area contributed by atoms with E-state index in [0.29, 0.717) is 43.1 Å². The third-order valence-corrected chi connectivity index (χ3v) is 6.10. The Hall–Kier alpha value is -2.83. The molecule has 30 heavy (non-hydrogen) atoms. The molecule has 1 aromatic heterocycles. The number of piperidine rings is 1. The maximum atomic E-state index is 14.0. The van der Waals surface area contributed by atoms with Gasteiger partial charge in [-0.1, -0.05) is 25.1 Å². The fourth-order valence-electron chi connectivity index (χ4n) is 4.38. The maximum absolute atomic E-state index is 14.0. The minimum Gasteiger partial charge on any atom is -0.342 e. The zero-order chi connectivity index (χ0) is 21.3. The monoisotopic (exact) mass is 410 g/mol. The van der Waals surface area contributed by atoms with Crippen LogP contribution in [0.4, 0.5) is 10.2 Å². The summed E-state index contributed by atoms with van der Waals surface area (Å²) in [7, 11) is 0. The Kier molecular flexibility index (Phi) is 5.79. The van der Waals surface area contributed by atoms with E-state index in [2.05, 4.69) is 0 Å². The third-order valence-electron chi connectivity index (χ3n) is 6.10. The summed E-state index contributed by atoms with van der Waals surface area (Å²) in [5, 5.41) is 0. The molecule has 2 aliphatic heterocycles. The second kappa shape index (κ2) is 8.50. The minimum absolute atomic E-state index is 0.0256. The van der Waals surface area contributed by atoms with Crippen LogP contribution in [0.2, 0.25) is 0 Å². The Bertz CT molecular complexity index is 978. The number of benzene rings is 1. The van der Waals surface area contributed by atoms with Gasteiger partial charge in [0.05, 0.1) is 6.42 Å². The zero-order valence-corrected chi connectivity index (χ0v) is 17.5. The van der Waals surface area contributed by atoms with Crippen LogP contribution in [-0.2, 0) is 22.4 Å². The van der Waals surface area contributed by atoms with Crippen molar-refractivity contribution in [2.24, 2.45) is 0 Å². The first-order valence-corrected chi connectivity index (χ1v) is 10.7. The van der Waals surface area contributed by atoms with Gasteiger partial charge in [0.2, 0.25) is 11.8 Å². The Labute approximate surface area is 176 Å². The third kappa shape index (κ3) is 3.93. The summed E-state index contributed by atoms with van der Waals surface area (Å²) in [5.74, 6) is 1.29. The smallest absolute Gasteiger partial charge is 0.232 e. The molecule has 6 nitrogen and oxygen atoms in total. The van der Waals surface area contributed by atoms with Gasteiger partial charge in [0.1, 0.15) is 17.5 Å². The van der Waals surface area contributed by atoms with E-state index < -0.39 is 0 Å². The Morgan fingerprint density at radius 3 is 2.83 bits per heavy atom. The quantitative estimate of drug-likeness (QED) is 0.759. The van der Waals surface area contributed by atoms with E-state index in [4.69, 9.17) is 9.97 Å². The highest BCUT2D eigenvalue weighted by molar-refractivity contribution is 6.00. The number of anilines is 1. The molecule has 158 valence electrons. The summed E-state index contributed by atoms with van der Waals surface area (Å²) in [6.45, 7) is 5.57. The average molecular weight is 410 g/mol. The van der Waals surface area contributed by atoms with Crippen LogP contribution < -0.4 is 4.90 Å². The van der Waals surface area contributed by atoms with Crippen molar-refractivity contribution < 1.29 is 14.0 Å². The molecule has 1 atom stereocenters. The average Bonchev–Trinajstić information content (AvgIpc) is 3.08. The number of carbonyl (C=O) groups is 2. The van der Waals surface area contributed by atoms with Crippen molar-refractivity contribution in [3.05, 3.63) is 52.7 Å². The van der Waals surface area contributed by atoms with Gasteiger partial charge < -0.3 is 4.90 Å². The molecule has 0 bridgehead atoms. The first-order chi connectivity index (χ1) is 14.5. The summed E-state index contributed by atoms with van der Waals surface area (Å²) < 4.78 is 14.0. The van der Waals surface area contributed by atoms with Crippen LogP contribution in [0.1, 0.15) is 54.7 Å². The first kappa shape index (κ1) is 20.4. The van der Waals surface area contributed by atoms with Crippen molar-refractivity contribution >= 4 is 17.6 Å². The molecule has 0 radical (unpaired) electrons. The van der Waals surface area contributed by atoms with Crippen LogP contribution in [0.15, 0.2) is 24.3 Å². The van der Waals surface area contributed by atoms with Crippen LogP contribution in [-0.4, -0.2) is 46.3 Å². The Balaban J connectivity index is 1.57. The maximum Gasteiger partial charge on any atom is 0.232 e. The van der Waals surface area contributed by atoms with Crippen molar-refractivity contribution in [3.8, 4) is 0 Å². The van der Waals surface area contributed by atoms with Crippen LogP contribution >= 0.6 is 0 Å². The number of fused-ring (bicyclic) bond motifs is 1. The van der Waals surface area contributed by atoms with Gasteiger partial charge in [-0.3, -0.25) is 14.5 Å². The summed E-state index contributed by atoms with van der Waals surface area (Å²) in [4.78, 5) is 37.9. The van der Waals surface area contributed by atoms with Gasteiger partial charge in [-0.2, -0.15) is 0 Å². The number of rotatable bonds is 5. The number of hydrogen-bond acceptors (Lipinski definition) is 4. The van der Waals surface area contributed by atoms with Gasteiger partial charge in [-0.25, -0.2) is 14.4 Å². The number of aromatic nitrogens is 2. The number of amides is 2. The van der Waals surface area contributed by atoms with E-state index in [1.54, 1.807) is 23.1 Å². The SMILES string of the molecule is CCC(=O)N1CCC[C@@H](c2nc(C)c3c(n2)N(CCc2ccccc2F)C(=O)C3)C1. The van der Waals surface area contributed by atoms with Crippen LogP contribution in [0, 0.1) is 12.7 Å². The van der Waals surface area contributed by atoms with Crippen molar-refractivity contribution in [1.29, 1.82) is 0 Å². The van der Waals surface area contributed by atoms with Gasteiger partial charge >= 0.3 is 0 Å². The molecule has 3 heterocycles. The van der Waals surface area contributed by atoms with Gasteiger partial charge in [0.25, 0.3) is 0 Å². The molecule has 0 unspecified atom stereocenters. The first-order valence-electron chi connectivity index (χ1n) is 10.7. The molecular formula is C23H27FN4O2. The summed E-state index contributed by atoms with van der Waals surface area (Å²) in [6.07, 6.45) is 3.05. The number of likely N-dealkylation sites (tertiary alicyclic amines) is 1. The van der Waals surface area contributed by atoms with Gasteiger partial charge in [0, 0.05) is 43.2 Å². The van der Waals surface area contributed by atoms with Crippen molar-refractivity contribution in [2.75, 3.05) is 24.5 Å². The van der Waals surface area contributed by atoms with E-state index in [9.17, 15) is 14.0 Å². The molecule has 7 heteroatoms. The molecule has 1 aromatic carbocycles. The lowest BCUT2D eigenvalue weighted by molar-refractivity contribution is -0.132. The molecule has 1 saturated heterocycles. The number of halogens is 1. The fourth-order valence-corrected chi connectivity index (χ4v) is 4.38. The second-order valence-corrected chi connectivity index (χ2v) is 8.07. The Morgan fingerprint density at radius 2 is 2.07 bits per heavy atom. The van der Waals surface area contributed by atoms with Crippen molar-refractivity contribution in [1.82, 2.24) is 14.9 Å². The minimum atomic E-state index is -0.258. The topological polar surface area (TPSA) is 66.4 Å². The van der Waals surface area contributed by atoms with Crippen LogP contribution in [0.3, 0.4) is 0 Å². The largest absolute Gasteiger partial charge is 0.342 e. The van der Waals surface area contributed by atoms with Crippen molar-refractivity contribution in [3.63, 3.8) is 0 Å². The van der Waals surface area contributed by atoms with E-state index >= 15 is 0 Å². The Morgan fingerprint density at radius 1 is 1.27 bits per heavy atom. The van der Waals surface area contributed by atoms with Gasteiger partial charge in [-0.15, -0.1) is 0 Å². The van der Waals surface area contributed by atoms with Gasteiger partial charge in [-0.05, 0) is 37.8 Å². The highest BCUT2D eigenvalue weighted by atomic mass is 19.1. The number of aryl methyl sites for hydroxylation is 1. The molecule has 0 spiro atoms. The lowest BCUT2D eigenvalue weighted by Crippen LogP contribution is -2.39. The van der Waals surface area contributed by atoms with E-state index in [1.165, 1.54) is 6.07 Å². The summed E-state index contributed by atoms with van der Waals surface area (Å²) in [5.41, 5.74) is 2.26. The predicted molar refractivity (Wildman–Crippen MR) is 112 cm³/mol. The molecule has 0 aliphatic carbocycles. The fraction of sp³-hybridized carbons (Fsp3) is 0.478. The lowest BCUT2D eigenvalue weighted by Gasteiger charge is -2.32. The predicted octanol–water partition coefficient (Wildman–Crippen LogP) is 3.17. The normalized spacial score (nSPS) is 18.6. The summed E-state index contributed by atoms with van der Waals surface area (Å²) >= 11 is 0. The molecule has 2 aliphatic rings. The van der Waals surface area contributed by atoms with Crippen molar-refractivity contribution in [2.45, 2.75) is 51.9 Å². The van der Waals surface area contributed by atoms with Gasteiger partial charge in [0.15, 0.2) is 0 Å². The molecule has 4 rings (SSSR count). The van der Waals surface area contributed by atoms with E-state index in [0.717, 1.165) is 30.6 Å². The molecule has 0 saturated carbocycles. The molecular weight excluding hydrogens is 383 g/mol. The standard InChI is InChI=1S/C23H27FN4O2/c1-3-20(29)27-11-6-8-17(14-27)22-25-15(2)18-13-21(30)28(23(18)26-22)12-10-16-7-4-5-9-19(16)24/h4-5,7,9,17H,3,6,8,10-14H2,1-2H3/t17-/m1/s1. The highest BCUT2D eigenvalue weighted by Gasteiger charge is 2.33. The lowest BCUT2D eigenvalue weighted by atomic mass is 9.96. The molecule has 1 fully saturated rings. The second-order valence-electron chi connectivity index (χ2n) is 8.07. The molecule has 2 amide bonds.